The minimum Gasteiger partial charge on any atom is -0.479 e. The molecule has 3 rings (SSSR count). The summed E-state index contributed by atoms with van der Waals surface area (Å²) in [5, 5.41) is 3.31. The lowest BCUT2D eigenvalue weighted by atomic mass is 10.0. The molecule has 0 saturated carbocycles. The number of halogens is 1. The molecule has 2 aromatic rings. The molecule has 0 fully saturated rings. The van der Waals surface area contributed by atoms with Crippen molar-refractivity contribution in [1.29, 1.82) is 0 Å². The van der Waals surface area contributed by atoms with E-state index in [2.05, 4.69) is 5.32 Å². The van der Waals surface area contributed by atoms with Gasteiger partial charge in [-0.2, -0.15) is 0 Å². The van der Waals surface area contributed by atoms with Crippen LogP contribution in [0.1, 0.15) is 22.8 Å². The fourth-order valence-electron chi connectivity index (χ4n) is 2.11. The third-order valence-corrected chi connectivity index (χ3v) is 3.53. The number of fused-ring (bicyclic) bond motifs is 1. The molecule has 1 heterocycles. The number of rotatable bonds is 2. The van der Waals surface area contributed by atoms with Crippen LogP contribution in [0.4, 0.5) is 5.69 Å². The van der Waals surface area contributed by atoms with Gasteiger partial charge in [0.1, 0.15) is 5.75 Å². The molecule has 106 valence electrons. The van der Waals surface area contributed by atoms with Crippen LogP contribution in [0.5, 0.6) is 5.75 Å². The number of benzene rings is 2. The Morgan fingerprint density at radius 1 is 1.14 bits per heavy atom. The molecule has 0 aliphatic carbocycles. The van der Waals surface area contributed by atoms with Gasteiger partial charge in [-0.3, -0.25) is 9.59 Å². The van der Waals surface area contributed by atoms with Crippen LogP contribution in [-0.4, -0.2) is 17.8 Å². The summed E-state index contributed by atoms with van der Waals surface area (Å²) in [6.45, 7) is 1.66. The van der Waals surface area contributed by atoms with Crippen LogP contribution >= 0.6 is 11.6 Å². The molecular formula is C16H12ClNO3. The van der Waals surface area contributed by atoms with Crippen LogP contribution in [0.3, 0.4) is 0 Å². The van der Waals surface area contributed by atoms with Gasteiger partial charge >= 0.3 is 0 Å². The summed E-state index contributed by atoms with van der Waals surface area (Å²) < 4.78 is 5.50. The highest BCUT2D eigenvalue weighted by Crippen LogP contribution is 2.31. The SMILES string of the molecule is CC1Oc2cc(C(=O)c3ccc(Cl)cc3)ccc2NC1=O. The second kappa shape index (κ2) is 5.22. The van der Waals surface area contributed by atoms with Gasteiger partial charge in [-0.1, -0.05) is 11.6 Å². The number of carbonyl (C=O) groups excluding carboxylic acids is 2. The van der Waals surface area contributed by atoms with E-state index in [1.165, 1.54) is 0 Å². The van der Waals surface area contributed by atoms with Gasteiger partial charge in [0.05, 0.1) is 5.69 Å². The van der Waals surface area contributed by atoms with Crippen LogP contribution in [0, 0.1) is 0 Å². The van der Waals surface area contributed by atoms with Crippen molar-refractivity contribution < 1.29 is 14.3 Å². The molecule has 0 aromatic heterocycles. The molecule has 2 aromatic carbocycles. The molecule has 1 amide bonds. The van der Waals surface area contributed by atoms with E-state index in [1.807, 2.05) is 0 Å². The normalized spacial score (nSPS) is 16.7. The number of carbonyl (C=O) groups is 2. The standard InChI is InChI=1S/C16H12ClNO3/c1-9-16(20)18-13-7-4-11(8-14(13)21-9)15(19)10-2-5-12(17)6-3-10/h2-9H,1H3,(H,18,20). The Labute approximate surface area is 126 Å². The maximum Gasteiger partial charge on any atom is 0.265 e. The van der Waals surface area contributed by atoms with Crippen LogP contribution in [0.2, 0.25) is 5.02 Å². The summed E-state index contributed by atoms with van der Waals surface area (Å²) in [4.78, 5) is 23.9. The predicted molar refractivity (Wildman–Crippen MR) is 80.0 cm³/mol. The number of hydrogen-bond donors (Lipinski definition) is 1. The van der Waals surface area contributed by atoms with Gasteiger partial charge in [0.25, 0.3) is 5.91 Å². The minimum atomic E-state index is -0.571. The topological polar surface area (TPSA) is 55.4 Å². The van der Waals surface area contributed by atoms with Crippen LogP contribution < -0.4 is 10.1 Å². The Morgan fingerprint density at radius 2 is 1.81 bits per heavy atom. The van der Waals surface area contributed by atoms with E-state index >= 15 is 0 Å². The zero-order valence-corrected chi connectivity index (χ0v) is 12.0. The highest BCUT2D eigenvalue weighted by atomic mass is 35.5. The molecule has 1 N–H and O–H groups in total. The summed E-state index contributed by atoms with van der Waals surface area (Å²) in [5.41, 5.74) is 1.62. The quantitative estimate of drug-likeness (QED) is 0.866. The fourth-order valence-corrected chi connectivity index (χ4v) is 2.24. The van der Waals surface area contributed by atoms with Gasteiger partial charge in [0.2, 0.25) is 0 Å². The average molecular weight is 302 g/mol. The van der Waals surface area contributed by atoms with Gasteiger partial charge in [-0.05, 0) is 49.4 Å². The number of nitrogens with one attached hydrogen (secondary N) is 1. The number of ether oxygens (including phenoxy) is 1. The lowest BCUT2D eigenvalue weighted by molar-refractivity contribution is -0.122. The molecule has 0 spiro atoms. The lowest BCUT2D eigenvalue weighted by Crippen LogP contribution is -2.34. The molecule has 4 nitrogen and oxygen atoms in total. The van der Waals surface area contributed by atoms with Crippen molar-refractivity contribution in [3.8, 4) is 5.75 Å². The first-order chi connectivity index (χ1) is 10.0. The second-order valence-electron chi connectivity index (χ2n) is 4.80. The molecular weight excluding hydrogens is 290 g/mol. The second-order valence-corrected chi connectivity index (χ2v) is 5.23. The van der Waals surface area contributed by atoms with E-state index in [-0.39, 0.29) is 11.7 Å². The largest absolute Gasteiger partial charge is 0.479 e. The van der Waals surface area contributed by atoms with Crippen molar-refractivity contribution >= 4 is 29.0 Å². The first kappa shape index (κ1) is 13.6. The third-order valence-electron chi connectivity index (χ3n) is 3.28. The minimum absolute atomic E-state index is 0.123. The van der Waals surface area contributed by atoms with Crippen molar-refractivity contribution in [1.82, 2.24) is 0 Å². The summed E-state index contributed by atoms with van der Waals surface area (Å²) in [7, 11) is 0. The van der Waals surface area contributed by atoms with Crippen LogP contribution in [-0.2, 0) is 4.79 Å². The molecule has 21 heavy (non-hydrogen) atoms. The Bertz CT molecular complexity index is 725. The van der Waals surface area contributed by atoms with Gasteiger partial charge < -0.3 is 10.1 Å². The molecule has 1 atom stereocenters. The fraction of sp³-hybridized carbons (Fsp3) is 0.125. The maximum atomic E-state index is 12.4. The van der Waals surface area contributed by atoms with E-state index in [0.717, 1.165) is 0 Å². The number of ketones is 1. The third kappa shape index (κ3) is 2.62. The molecule has 1 aliphatic rings. The first-order valence-corrected chi connectivity index (χ1v) is 6.84. The van der Waals surface area contributed by atoms with Gasteiger partial charge in [0.15, 0.2) is 11.9 Å². The summed E-state index contributed by atoms with van der Waals surface area (Å²) in [6.07, 6.45) is -0.571. The summed E-state index contributed by atoms with van der Waals surface area (Å²) in [6, 6.07) is 11.7. The molecule has 0 bridgehead atoms. The molecule has 1 aliphatic heterocycles. The van der Waals surface area contributed by atoms with Crippen molar-refractivity contribution in [2.45, 2.75) is 13.0 Å². The zero-order chi connectivity index (χ0) is 15.0. The number of amides is 1. The van der Waals surface area contributed by atoms with Gasteiger partial charge in [0, 0.05) is 16.1 Å². The summed E-state index contributed by atoms with van der Waals surface area (Å²) >= 11 is 5.82. The van der Waals surface area contributed by atoms with E-state index < -0.39 is 6.10 Å². The molecule has 0 radical (unpaired) electrons. The average Bonchev–Trinajstić information content (AvgIpc) is 2.48. The predicted octanol–water partition coefficient (Wildman–Crippen LogP) is 3.29. The highest BCUT2D eigenvalue weighted by Gasteiger charge is 2.24. The number of anilines is 1. The smallest absolute Gasteiger partial charge is 0.265 e. The van der Waals surface area contributed by atoms with Gasteiger partial charge in [-0.25, -0.2) is 0 Å². The Hall–Kier alpha value is -2.33. The lowest BCUT2D eigenvalue weighted by Gasteiger charge is -2.23. The zero-order valence-electron chi connectivity index (χ0n) is 11.2. The van der Waals surface area contributed by atoms with E-state index in [0.29, 0.717) is 27.6 Å². The monoisotopic (exact) mass is 301 g/mol. The Balaban J connectivity index is 1.93. The number of hydrogen-bond acceptors (Lipinski definition) is 3. The van der Waals surface area contributed by atoms with Crippen molar-refractivity contribution in [2.24, 2.45) is 0 Å². The van der Waals surface area contributed by atoms with E-state index in [4.69, 9.17) is 16.3 Å². The van der Waals surface area contributed by atoms with Crippen LogP contribution in [0.25, 0.3) is 0 Å². The van der Waals surface area contributed by atoms with E-state index in [9.17, 15) is 9.59 Å². The van der Waals surface area contributed by atoms with Gasteiger partial charge in [-0.15, -0.1) is 0 Å². The van der Waals surface area contributed by atoms with Crippen molar-refractivity contribution in [3.63, 3.8) is 0 Å². The summed E-state index contributed by atoms with van der Waals surface area (Å²) in [5.74, 6) is 0.184. The first-order valence-electron chi connectivity index (χ1n) is 6.46. The Morgan fingerprint density at radius 3 is 2.52 bits per heavy atom. The highest BCUT2D eigenvalue weighted by molar-refractivity contribution is 6.30. The maximum absolute atomic E-state index is 12.4. The molecule has 5 heteroatoms. The van der Waals surface area contributed by atoms with E-state index in [1.54, 1.807) is 49.4 Å². The van der Waals surface area contributed by atoms with Crippen LogP contribution in [0.15, 0.2) is 42.5 Å². The van der Waals surface area contributed by atoms with Crippen molar-refractivity contribution in [2.75, 3.05) is 5.32 Å². The molecule has 0 saturated heterocycles. The Kier molecular flexibility index (Phi) is 3.39. The molecule has 1 unspecified atom stereocenters. The van der Waals surface area contributed by atoms with Crippen molar-refractivity contribution in [3.05, 3.63) is 58.6 Å².